The molecule has 70 valence electrons. The van der Waals surface area contributed by atoms with Crippen LogP contribution in [0.15, 0.2) is 27.6 Å². The Morgan fingerprint density at radius 2 is 2.23 bits per heavy atom. The van der Waals surface area contributed by atoms with Gasteiger partial charge in [-0.25, -0.2) is 0 Å². The molecule has 13 heavy (non-hydrogen) atoms. The lowest BCUT2D eigenvalue weighted by atomic mass is 10.3. The Kier molecular flexibility index (Phi) is 2.84. The van der Waals surface area contributed by atoms with Crippen LogP contribution in [0.4, 0.5) is 0 Å². The number of rotatable bonds is 3. The van der Waals surface area contributed by atoms with Crippen LogP contribution in [-0.2, 0) is 0 Å². The molecule has 1 aliphatic carbocycles. The van der Waals surface area contributed by atoms with Gasteiger partial charge in [0.15, 0.2) is 0 Å². The molecule has 1 nitrogen and oxygen atoms in total. The lowest BCUT2D eigenvalue weighted by Gasteiger charge is -2.07. The zero-order chi connectivity index (χ0) is 9.26. The largest absolute Gasteiger partial charge is 0.489 e. The fourth-order valence-electron chi connectivity index (χ4n) is 1.07. The number of ether oxygens (including phenoxy) is 1. The quantitative estimate of drug-likeness (QED) is 0.765. The first-order valence-corrected chi connectivity index (χ1v) is 6.31. The molecule has 2 rings (SSSR count). The molecule has 3 heteroatoms. The van der Waals surface area contributed by atoms with Crippen molar-refractivity contribution in [2.24, 2.45) is 0 Å². The highest BCUT2D eigenvalue weighted by atomic mass is 79.9. The maximum Gasteiger partial charge on any atom is 0.135 e. The van der Waals surface area contributed by atoms with E-state index in [0.29, 0.717) is 6.10 Å². The second-order valence-corrected chi connectivity index (χ2v) is 4.85. The van der Waals surface area contributed by atoms with Crippen LogP contribution in [-0.4, -0.2) is 12.4 Å². The van der Waals surface area contributed by atoms with E-state index in [-0.39, 0.29) is 0 Å². The lowest BCUT2D eigenvalue weighted by Crippen LogP contribution is -1.96. The van der Waals surface area contributed by atoms with Gasteiger partial charge in [0.2, 0.25) is 0 Å². The molecule has 1 aromatic rings. The van der Waals surface area contributed by atoms with Crippen molar-refractivity contribution in [2.45, 2.75) is 23.8 Å². The molecule has 0 atom stereocenters. The van der Waals surface area contributed by atoms with E-state index in [4.69, 9.17) is 4.74 Å². The molecule has 0 saturated heterocycles. The standard InChI is InChI=1S/C10H11BrOS/c1-13-8-4-5-9(11)10(6-8)12-7-2-3-7/h4-7H,2-3H2,1H3. The first-order valence-electron chi connectivity index (χ1n) is 4.30. The second kappa shape index (κ2) is 3.93. The summed E-state index contributed by atoms with van der Waals surface area (Å²) in [7, 11) is 0. The highest BCUT2D eigenvalue weighted by Crippen LogP contribution is 2.34. The van der Waals surface area contributed by atoms with Crippen LogP contribution < -0.4 is 4.74 Å². The zero-order valence-corrected chi connectivity index (χ0v) is 9.82. The Hall–Kier alpha value is -0.150. The minimum absolute atomic E-state index is 0.466. The van der Waals surface area contributed by atoms with Crippen molar-refractivity contribution in [3.05, 3.63) is 22.7 Å². The minimum atomic E-state index is 0.466. The Morgan fingerprint density at radius 3 is 2.85 bits per heavy atom. The lowest BCUT2D eigenvalue weighted by molar-refractivity contribution is 0.300. The molecule has 1 saturated carbocycles. The van der Waals surface area contributed by atoms with Gasteiger partial charge in [0.1, 0.15) is 5.75 Å². The van der Waals surface area contributed by atoms with Crippen molar-refractivity contribution >= 4 is 27.7 Å². The summed E-state index contributed by atoms with van der Waals surface area (Å²) in [5.41, 5.74) is 0. The number of halogens is 1. The van der Waals surface area contributed by atoms with Crippen LogP contribution in [0.5, 0.6) is 5.75 Å². The SMILES string of the molecule is CSc1ccc(Br)c(OC2CC2)c1. The molecule has 0 spiro atoms. The van der Waals surface area contributed by atoms with E-state index in [1.807, 2.05) is 6.07 Å². The van der Waals surface area contributed by atoms with Crippen molar-refractivity contribution in [3.8, 4) is 5.75 Å². The monoisotopic (exact) mass is 258 g/mol. The van der Waals surface area contributed by atoms with Crippen LogP contribution in [0, 0.1) is 0 Å². The predicted molar refractivity (Wildman–Crippen MR) is 59.6 cm³/mol. The van der Waals surface area contributed by atoms with Gasteiger partial charge in [0.05, 0.1) is 10.6 Å². The molecule has 0 heterocycles. The first kappa shape index (κ1) is 9.41. The summed E-state index contributed by atoms with van der Waals surface area (Å²) in [4.78, 5) is 1.25. The fourth-order valence-corrected chi connectivity index (χ4v) is 1.84. The Labute approximate surface area is 91.0 Å². The maximum atomic E-state index is 5.74. The number of hydrogen-bond acceptors (Lipinski definition) is 2. The third kappa shape index (κ3) is 2.41. The molecule has 0 N–H and O–H groups in total. The van der Waals surface area contributed by atoms with E-state index in [2.05, 4.69) is 34.3 Å². The summed E-state index contributed by atoms with van der Waals surface area (Å²) >= 11 is 5.22. The number of hydrogen-bond donors (Lipinski definition) is 0. The van der Waals surface area contributed by atoms with Gasteiger partial charge in [-0.3, -0.25) is 0 Å². The van der Waals surface area contributed by atoms with Gasteiger partial charge in [-0.1, -0.05) is 0 Å². The second-order valence-electron chi connectivity index (χ2n) is 3.11. The van der Waals surface area contributed by atoms with Gasteiger partial charge in [0.25, 0.3) is 0 Å². The van der Waals surface area contributed by atoms with Crippen molar-refractivity contribution in [1.82, 2.24) is 0 Å². The average Bonchev–Trinajstić information content (AvgIpc) is 2.93. The Morgan fingerprint density at radius 1 is 1.46 bits per heavy atom. The normalized spacial score (nSPS) is 15.8. The van der Waals surface area contributed by atoms with Crippen LogP contribution in [0.25, 0.3) is 0 Å². The van der Waals surface area contributed by atoms with Gasteiger partial charge < -0.3 is 4.74 Å². The third-order valence-corrected chi connectivity index (χ3v) is 3.34. The average molecular weight is 259 g/mol. The molecule has 0 aromatic heterocycles. The van der Waals surface area contributed by atoms with Gasteiger partial charge in [0, 0.05) is 4.90 Å². The van der Waals surface area contributed by atoms with Crippen molar-refractivity contribution in [1.29, 1.82) is 0 Å². The van der Waals surface area contributed by atoms with E-state index in [1.54, 1.807) is 11.8 Å². The van der Waals surface area contributed by atoms with E-state index in [1.165, 1.54) is 17.7 Å². The molecule has 0 unspecified atom stereocenters. The van der Waals surface area contributed by atoms with Crippen molar-refractivity contribution in [2.75, 3.05) is 6.26 Å². The molecule has 0 amide bonds. The van der Waals surface area contributed by atoms with Gasteiger partial charge in [-0.15, -0.1) is 11.8 Å². The molecule has 0 radical (unpaired) electrons. The summed E-state index contributed by atoms with van der Waals surface area (Å²) in [6.07, 6.45) is 4.95. The molecular formula is C10H11BrOS. The summed E-state index contributed by atoms with van der Waals surface area (Å²) in [6, 6.07) is 6.23. The third-order valence-electron chi connectivity index (χ3n) is 1.96. The topological polar surface area (TPSA) is 9.23 Å². The first-order chi connectivity index (χ1) is 6.29. The van der Waals surface area contributed by atoms with Crippen LogP contribution in [0.2, 0.25) is 0 Å². The Balaban J connectivity index is 2.19. The smallest absolute Gasteiger partial charge is 0.135 e. The van der Waals surface area contributed by atoms with Crippen molar-refractivity contribution < 1.29 is 4.74 Å². The Bertz CT molecular complexity index is 310. The predicted octanol–water partition coefficient (Wildman–Crippen LogP) is 3.71. The number of benzene rings is 1. The highest BCUT2D eigenvalue weighted by molar-refractivity contribution is 9.10. The van der Waals surface area contributed by atoms with Gasteiger partial charge in [-0.2, -0.15) is 0 Å². The molecule has 1 aliphatic rings. The van der Waals surface area contributed by atoms with Gasteiger partial charge >= 0.3 is 0 Å². The van der Waals surface area contributed by atoms with E-state index in [0.717, 1.165) is 10.2 Å². The minimum Gasteiger partial charge on any atom is -0.489 e. The van der Waals surface area contributed by atoms with E-state index >= 15 is 0 Å². The molecular weight excluding hydrogens is 248 g/mol. The number of thioether (sulfide) groups is 1. The molecule has 0 aliphatic heterocycles. The summed E-state index contributed by atoms with van der Waals surface area (Å²) in [5, 5.41) is 0. The van der Waals surface area contributed by atoms with Crippen molar-refractivity contribution in [3.63, 3.8) is 0 Å². The molecule has 1 aromatic carbocycles. The summed E-state index contributed by atoms with van der Waals surface area (Å²) in [6.45, 7) is 0. The summed E-state index contributed by atoms with van der Waals surface area (Å²) < 4.78 is 6.79. The van der Waals surface area contributed by atoms with Crippen LogP contribution in [0.1, 0.15) is 12.8 Å². The van der Waals surface area contributed by atoms with E-state index in [9.17, 15) is 0 Å². The summed E-state index contributed by atoms with van der Waals surface area (Å²) in [5.74, 6) is 0.981. The molecule has 1 fully saturated rings. The van der Waals surface area contributed by atoms with Crippen LogP contribution >= 0.6 is 27.7 Å². The highest BCUT2D eigenvalue weighted by Gasteiger charge is 2.24. The van der Waals surface area contributed by atoms with Crippen LogP contribution in [0.3, 0.4) is 0 Å². The van der Waals surface area contributed by atoms with Gasteiger partial charge in [-0.05, 0) is 53.2 Å². The maximum absolute atomic E-state index is 5.74. The zero-order valence-electron chi connectivity index (χ0n) is 7.42. The fraction of sp³-hybridized carbons (Fsp3) is 0.400. The van der Waals surface area contributed by atoms with E-state index < -0.39 is 0 Å². The molecule has 0 bridgehead atoms.